The van der Waals surface area contributed by atoms with Gasteiger partial charge in [0.25, 0.3) is 0 Å². The molecule has 0 bridgehead atoms. The molecule has 0 fully saturated rings. The van der Waals surface area contributed by atoms with Crippen molar-refractivity contribution in [2.45, 2.75) is 18.6 Å². The SMILES string of the molecule is CNC(=O)CNC(CC(F)(F)F)c1ccccc1. The van der Waals surface area contributed by atoms with E-state index >= 15 is 0 Å². The second-order valence-electron chi connectivity index (χ2n) is 3.84. The molecule has 1 aromatic rings. The quantitative estimate of drug-likeness (QED) is 0.850. The van der Waals surface area contributed by atoms with Gasteiger partial charge in [-0.2, -0.15) is 13.2 Å². The summed E-state index contributed by atoms with van der Waals surface area (Å²) in [6.07, 6.45) is -5.29. The number of likely N-dealkylation sites (N-methyl/N-ethyl adjacent to an activating group) is 1. The van der Waals surface area contributed by atoms with Crippen molar-refractivity contribution in [1.29, 1.82) is 0 Å². The maximum Gasteiger partial charge on any atom is 0.390 e. The van der Waals surface area contributed by atoms with Crippen LogP contribution >= 0.6 is 0 Å². The molecule has 0 aromatic heterocycles. The molecule has 1 atom stereocenters. The van der Waals surface area contributed by atoms with Crippen LogP contribution in [0.2, 0.25) is 0 Å². The fraction of sp³-hybridized carbons (Fsp3) is 0.417. The average Bonchev–Trinajstić information content (AvgIpc) is 2.33. The van der Waals surface area contributed by atoms with Crippen LogP contribution in [0.25, 0.3) is 0 Å². The van der Waals surface area contributed by atoms with E-state index in [2.05, 4.69) is 10.6 Å². The van der Waals surface area contributed by atoms with Crippen molar-refractivity contribution in [2.24, 2.45) is 0 Å². The fourth-order valence-corrected chi connectivity index (χ4v) is 1.53. The van der Waals surface area contributed by atoms with Gasteiger partial charge in [-0.05, 0) is 5.56 Å². The van der Waals surface area contributed by atoms with E-state index in [0.29, 0.717) is 5.56 Å². The standard InChI is InChI=1S/C12H15F3N2O/c1-16-11(18)8-17-10(7-12(13,14)15)9-5-3-2-4-6-9/h2-6,10,17H,7-8H2,1H3,(H,16,18). The average molecular weight is 260 g/mol. The fourth-order valence-electron chi connectivity index (χ4n) is 1.53. The molecule has 1 aromatic carbocycles. The molecule has 0 radical (unpaired) electrons. The molecule has 0 heterocycles. The van der Waals surface area contributed by atoms with Gasteiger partial charge in [-0.15, -0.1) is 0 Å². The van der Waals surface area contributed by atoms with Crippen LogP contribution in [0.5, 0.6) is 0 Å². The maximum absolute atomic E-state index is 12.5. The zero-order chi connectivity index (χ0) is 13.6. The third kappa shape index (κ3) is 5.18. The molecule has 0 aliphatic carbocycles. The first-order valence-electron chi connectivity index (χ1n) is 5.48. The number of alkyl halides is 3. The number of benzene rings is 1. The van der Waals surface area contributed by atoms with Gasteiger partial charge in [-0.1, -0.05) is 30.3 Å². The Kier molecular flexibility index (Phi) is 5.15. The third-order valence-corrected chi connectivity index (χ3v) is 2.43. The summed E-state index contributed by atoms with van der Waals surface area (Å²) in [5.41, 5.74) is 0.513. The van der Waals surface area contributed by atoms with Crippen LogP contribution in [0.4, 0.5) is 13.2 Å². The number of rotatable bonds is 5. The molecular weight excluding hydrogens is 245 g/mol. The molecule has 0 spiro atoms. The highest BCUT2D eigenvalue weighted by Gasteiger charge is 2.32. The molecule has 1 amide bonds. The molecule has 0 aliphatic heterocycles. The van der Waals surface area contributed by atoms with E-state index in [9.17, 15) is 18.0 Å². The second-order valence-corrected chi connectivity index (χ2v) is 3.84. The highest BCUT2D eigenvalue weighted by atomic mass is 19.4. The Morgan fingerprint density at radius 1 is 1.28 bits per heavy atom. The van der Waals surface area contributed by atoms with Crippen LogP contribution in [0.3, 0.4) is 0 Å². The zero-order valence-corrected chi connectivity index (χ0v) is 9.92. The minimum Gasteiger partial charge on any atom is -0.358 e. The molecule has 1 unspecified atom stereocenters. The van der Waals surface area contributed by atoms with E-state index in [-0.39, 0.29) is 12.5 Å². The predicted octanol–water partition coefficient (Wildman–Crippen LogP) is 2.02. The summed E-state index contributed by atoms with van der Waals surface area (Å²) < 4.78 is 37.4. The van der Waals surface area contributed by atoms with Crippen LogP contribution in [-0.2, 0) is 4.79 Å². The molecule has 0 saturated heterocycles. The second kappa shape index (κ2) is 6.39. The molecule has 3 nitrogen and oxygen atoms in total. The number of hydrogen-bond donors (Lipinski definition) is 2. The Balaban J connectivity index is 2.73. The molecule has 0 aliphatic rings. The lowest BCUT2D eigenvalue weighted by Crippen LogP contribution is -2.35. The molecule has 18 heavy (non-hydrogen) atoms. The Hall–Kier alpha value is -1.56. The Morgan fingerprint density at radius 3 is 2.39 bits per heavy atom. The molecule has 1 rings (SSSR count). The van der Waals surface area contributed by atoms with E-state index in [1.54, 1.807) is 30.3 Å². The number of hydrogen-bond acceptors (Lipinski definition) is 2. The van der Waals surface area contributed by atoms with E-state index in [1.807, 2.05) is 0 Å². The Morgan fingerprint density at radius 2 is 1.89 bits per heavy atom. The van der Waals surface area contributed by atoms with E-state index in [0.717, 1.165) is 0 Å². The first-order valence-corrected chi connectivity index (χ1v) is 5.48. The van der Waals surface area contributed by atoms with Crippen molar-refractivity contribution in [3.05, 3.63) is 35.9 Å². The maximum atomic E-state index is 12.5. The molecular formula is C12H15F3N2O. The summed E-state index contributed by atoms with van der Waals surface area (Å²) in [5, 5.41) is 4.96. The number of amides is 1. The van der Waals surface area contributed by atoms with Crippen molar-refractivity contribution in [3.63, 3.8) is 0 Å². The van der Waals surface area contributed by atoms with Gasteiger partial charge >= 0.3 is 6.18 Å². The van der Waals surface area contributed by atoms with Crippen LogP contribution in [0.1, 0.15) is 18.0 Å². The highest BCUT2D eigenvalue weighted by molar-refractivity contribution is 5.77. The Bertz CT molecular complexity index is 379. The summed E-state index contributed by atoms with van der Waals surface area (Å²) in [6, 6.07) is 7.36. The van der Waals surface area contributed by atoms with Gasteiger partial charge < -0.3 is 10.6 Å². The van der Waals surface area contributed by atoms with E-state index in [1.165, 1.54) is 7.05 Å². The summed E-state index contributed by atoms with van der Waals surface area (Å²) in [6.45, 7) is -0.147. The van der Waals surface area contributed by atoms with Crippen LogP contribution in [-0.4, -0.2) is 25.7 Å². The van der Waals surface area contributed by atoms with Crippen molar-refractivity contribution in [2.75, 3.05) is 13.6 Å². The largest absolute Gasteiger partial charge is 0.390 e. The molecule has 100 valence electrons. The summed E-state index contributed by atoms with van der Waals surface area (Å²) in [7, 11) is 1.44. The first kappa shape index (κ1) is 14.5. The van der Waals surface area contributed by atoms with Crippen molar-refractivity contribution >= 4 is 5.91 Å². The number of halogens is 3. The number of nitrogens with one attached hydrogen (secondary N) is 2. The lowest BCUT2D eigenvalue weighted by atomic mass is 10.0. The van der Waals surface area contributed by atoms with Gasteiger partial charge in [0.05, 0.1) is 13.0 Å². The predicted molar refractivity (Wildman–Crippen MR) is 61.9 cm³/mol. The van der Waals surface area contributed by atoms with E-state index < -0.39 is 18.6 Å². The van der Waals surface area contributed by atoms with Gasteiger partial charge in [-0.3, -0.25) is 4.79 Å². The number of carbonyl (C=O) groups is 1. The van der Waals surface area contributed by atoms with Crippen molar-refractivity contribution in [3.8, 4) is 0 Å². The van der Waals surface area contributed by atoms with Crippen molar-refractivity contribution < 1.29 is 18.0 Å². The minimum atomic E-state index is -4.28. The first-order chi connectivity index (χ1) is 8.42. The van der Waals surface area contributed by atoms with Gasteiger partial charge in [-0.25, -0.2) is 0 Å². The van der Waals surface area contributed by atoms with Gasteiger partial charge in [0.1, 0.15) is 0 Å². The zero-order valence-electron chi connectivity index (χ0n) is 9.92. The smallest absolute Gasteiger partial charge is 0.358 e. The monoisotopic (exact) mass is 260 g/mol. The van der Waals surface area contributed by atoms with Crippen LogP contribution < -0.4 is 10.6 Å². The van der Waals surface area contributed by atoms with Gasteiger partial charge in [0.15, 0.2) is 0 Å². The molecule has 0 saturated carbocycles. The lowest BCUT2D eigenvalue weighted by molar-refractivity contribution is -0.141. The van der Waals surface area contributed by atoms with Gasteiger partial charge in [0, 0.05) is 13.1 Å². The highest BCUT2D eigenvalue weighted by Crippen LogP contribution is 2.29. The lowest BCUT2D eigenvalue weighted by Gasteiger charge is -2.20. The Labute approximate surface area is 103 Å². The topological polar surface area (TPSA) is 41.1 Å². The molecule has 2 N–H and O–H groups in total. The minimum absolute atomic E-state index is 0.147. The van der Waals surface area contributed by atoms with Gasteiger partial charge in [0.2, 0.25) is 5.91 Å². The third-order valence-electron chi connectivity index (χ3n) is 2.43. The summed E-state index contributed by atoms with van der Waals surface area (Å²) in [4.78, 5) is 11.1. The molecule has 6 heteroatoms. The normalized spacial score (nSPS) is 13.1. The van der Waals surface area contributed by atoms with Crippen molar-refractivity contribution in [1.82, 2.24) is 10.6 Å². The van der Waals surface area contributed by atoms with Crippen LogP contribution in [0.15, 0.2) is 30.3 Å². The number of carbonyl (C=O) groups excluding carboxylic acids is 1. The van der Waals surface area contributed by atoms with E-state index in [4.69, 9.17) is 0 Å². The summed E-state index contributed by atoms with van der Waals surface area (Å²) >= 11 is 0. The van der Waals surface area contributed by atoms with Crippen LogP contribution in [0, 0.1) is 0 Å². The summed E-state index contributed by atoms with van der Waals surface area (Å²) in [5.74, 6) is -0.349.